The maximum Gasteiger partial charge on any atom is 0.329 e. The predicted octanol–water partition coefficient (Wildman–Crippen LogP) is 0.782. The van der Waals surface area contributed by atoms with Crippen LogP contribution < -0.4 is 10.2 Å². The molecule has 0 atom stereocenters. The lowest BCUT2D eigenvalue weighted by Crippen LogP contribution is -2.41. The Balaban J connectivity index is 2.58. The Bertz CT molecular complexity index is 325. The Morgan fingerprint density at radius 1 is 1.71 bits per heavy atom. The van der Waals surface area contributed by atoms with Crippen molar-refractivity contribution in [2.45, 2.75) is 0 Å². The number of carbonyl (C=O) groups excluding carboxylic acids is 2. The van der Waals surface area contributed by atoms with Crippen molar-refractivity contribution < 1.29 is 14.1 Å². The van der Waals surface area contributed by atoms with Crippen molar-refractivity contribution in [3.63, 3.8) is 0 Å². The molecule has 6 nitrogen and oxygen atoms in total. The molecule has 1 rings (SSSR count). The summed E-state index contributed by atoms with van der Waals surface area (Å²) in [6, 6.07) is 0.995. The maximum absolute atomic E-state index is 11.3. The molecule has 1 N–H and O–H groups in total. The van der Waals surface area contributed by atoms with Gasteiger partial charge in [-0.15, -0.1) is 0 Å². The number of nitrogens with zero attached hydrogens (tertiary/aromatic N) is 2. The minimum Gasteiger partial charge on any atom is -0.363 e. The van der Waals surface area contributed by atoms with Crippen molar-refractivity contribution in [1.29, 1.82) is 0 Å². The SMILES string of the molecule is CN(C(=O)NC(=O)CI)c1ccon1. The quantitative estimate of drug-likeness (QED) is 0.647. The Labute approximate surface area is 93.8 Å². The molecule has 0 bridgehead atoms. The molecular weight excluding hydrogens is 301 g/mol. The van der Waals surface area contributed by atoms with Crippen LogP contribution in [0.3, 0.4) is 0 Å². The molecule has 0 fully saturated rings. The molecule has 0 aliphatic heterocycles. The number of imide groups is 1. The minimum absolute atomic E-state index is 0.232. The molecule has 0 aliphatic carbocycles. The van der Waals surface area contributed by atoms with E-state index >= 15 is 0 Å². The van der Waals surface area contributed by atoms with Crippen molar-refractivity contribution in [3.8, 4) is 0 Å². The predicted molar refractivity (Wildman–Crippen MR) is 57.3 cm³/mol. The smallest absolute Gasteiger partial charge is 0.329 e. The maximum atomic E-state index is 11.3. The van der Waals surface area contributed by atoms with E-state index in [1.54, 1.807) is 0 Å². The molecule has 7 heteroatoms. The van der Waals surface area contributed by atoms with E-state index in [0.29, 0.717) is 5.82 Å². The number of anilines is 1. The van der Waals surface area contributed by atoms with Gasteiger partial charge in [-0.05, 0) is 0 Å². The van der Waals surface area contributed by atoms with Gasteiger partial charge in [0.25, 0.3) is 0 Å². The van der Waals surface area contributed by atoms with Crippen LogP contribution in [0.4, 0.5) is 10.6 Å². The molecule has 1 aromatic rings. The molecule has 3 amide bonds. The Hall–Kier alpha value is -1.12. The second-order valence-corrected chi connectivity index (χ2v) is 3.17. The Kier molecular flexibility index (Phi) is 3.86. The summed E-state index contributed by atoms with van der Waals surface area (Å²) in [7, 11) is 1.49. The highest BCUT2D eigenvalue weighted by atomic mass is 127. The fourth-order valence-electron chi connectivity index (χ4n) is 0.720. The first-order valence-corrected chi connectivity index (χ1v) is 5.21. The summed E-state index contributed by atoms with van der Waals surface area (Å²) >= 11 is 1.87. The van der Waals surface area contributed by atoms with Crippen LogP contribution in [0.2, 0.25) is 0 Å². The lowest BCUT2D eigenvalue weighted by atomic mass is 10.5. The van der Waals surface area contributed by atoms with Gasteiger partial charge in [0.15, 0.2) is 5.82 Å². The molecule has 0 radical (unpaired) electrons. The molecule has 0 saturated carbocycles. The van der Waals surface area contributed by atoms with E-state index in [-0.39, 0.29) is 10.3 Å². The van der Waals surface area contributed by atoms with Gasteiger partial charge in [-0.25, -0.2) is 4.79 Å². The number of carbonyl (C=O) groups is 2. The van der Waals surface area contributed by atoms with Crippen LogP contribution in [0.25, 0.3) is 0 Å². The first kappa shape index (κ1) is 11.0. The molecular formula is C7H8IN3O3. The molecule has 14 heavy (non-hydrogen) atoms. The van der Waals surface area contributed by atoms with Crippen molar-refractivity contribution >= 4 is 40.3 Å². The highest BCUT2D eigenvalue weighted by molar-refractivity contribution is 14.1. The molecule has 0 saturated heterocycles. The zero-order chi connectivity index (χ0) is 10.6. The second-order valence-electron chi connectivity index (χ2n) is 2.40. The van der Waals surface area contributed by atoms with Crippen LogP contribution in [0.15, 0.2) is 16.9 Å². The zero-order valence-electron chi connectivity index (χ0n) is 7.36. The van der Waals surface area contributed by atoms with Crippen LogP contribution in [0.5, 0.6) is 0 Å². The third-order valence-corrected chi connectivity index (χ3v) is 2.13. The van der Waals surface area contributed by atoms with E-state index in [0.717, 1.165) is 0 Å². The zero-order valence-corrected chi connectivity index (χ0v) is 9.52. The summed E-state index contributed by atoms with van der Waals surface area (Å²) in [5.74, 6) is 0.00898. The highest BCUT2D eigenvalue weighted by Gasteiger charge is 2.14. The number of alkyl halides is 1. The summed E-state index contributed by atoms with van der Waals surface area (Å²) in [6.45, 7) is 0. The summed E-state index contributed by atoms with van der Waals surface area (Å²) in [4.78, 5) is 23.4. The van der Waals surface area contributed by atoms with E-state index in [4.69, 9.17) is 0 Å². The van der Waals surface area contributed by atoms with Gasteiger partial charge >= 0.3 is 6.03 Å². The molecule has 0 spiro atoms. The summed E-state index contributed by atoms with van der Waals surface area (Å²) in [5, 5.41) is 5.72. The molecule has 0 aliphatic rings. The average Bonchev–Trinajstić information content (AvgIpc) is 2.69. The molecule has 0 unspecified atom stereocenters. The number of aromatic nitrogens is 1. The van der Waals surface area contributed by atoms with Crippen molar-refractivity contribution in [1.82, 2.24) is 10.5 Å². The van der Waals surface area contributed by atoms with Crippen LogP contribution in [-0.2, 0) is 4.79 Å². The van der Waals surface area contributed by atoms with Gasteiger partial charge in [-0.2, -0.15) is 0 Å². The van der Waals surface area contributed by atoms with E-state index < -0.39 is 6.03 Å². The van der Waals surface area contributed by atoms with E-state index in [1.807, 2.05) is 22.6 Å². The number of amides is 3. The fourth-order valence-corrected chi connectivity index (χ4v) is 0.910. The van der Waals surface area contributed by atoms with Crippen LogP contribution in [0.1, 0.15) is 0 Å². The molecule has 76 valence electrons. The van der Waals surface area contributed by atoms with Gasteiger partial charge in [0.05, 0.1) is 4.43 Å². The number of nitrogens with one attached hydrogen (secondary N) is 1. The van der Waals surface area contributed by atoms with Gasteiger partial charge in [0.1, 0.15) is 6.26 Å². The van der Waals surface area contributed by atoms with E-state index in [9.17, 15) is 9.59 Å². The number of halogens is 1. The first-order chi connectivity index (χ1) is 6.65. The van der Waals surface area contributed by atoms with Gasteiger partial charge in [-0.3, -0.25) is 15.0 Å². The summed E-state index contributed by atoms with van der Waals surface area (Å²) in [5.41, 5.74) is 0. The lowest BCUT2D eigenvalue weighted by molar-refractivity contribution is -0.117. The number of urea groups is 1. The topological polar surface area (TPSA) is 75.4 Å². The van der Waals surface area contributed by atoms with Gasteiger partial charge in [0, 0.05) is 13.1 Å². The minimum atomic E-state index is -0.527. The summed E-state index contributed by atoms with van der Waals surface area (Å²) < 4.78 is 4.79. The van der Waals surface area contributed by atoms with Gasteiger partial charge in [-0.1, -0.05) is 27.7 Å². The van der Waals surface area contributed by atoms with Crippen molar-refractivity contribution in [3.05, 3.63) is 12.3 Å². The summed E-state index contributed by atoms with van der Waals surface area (Å²) in [6.07, 6.45) is 1.35. The van der Waals surface area contributed by atoms with Crippen LogP contribution in [0, 0.1) is 0 Å². The standard InChI is InChI=1S/C7H8IN3O3/c1-11(5-2-3-14-10-5)7(13)9-6(12)4-8/h2-3H,4H2,1H3,(H,9,12,13). The van der Waals surface area contributed by atoms with E-state index in [2.05, 4.69) is 15.0 Å². The second kappa shape index (κ2) is 4.94. The number of rotatable bonds is 2. The fraction of sp³-hybridized carbons (Fsp3) is 0.286. The van der Waals surface area contributed by atoms with Crippen LogP contribution >= 0.6 is 22.6 Å². The normalized spacial score (nSPS) is 9.57. The van der Waals surface area contributed by atoms with Crippen molar-refractivity contribution in [2.24, 2.45) is 0 Å². The van der Waals surface area contributed by atoms with Gasteiger partial charge in [0.2, 0.25) is 5.91 Å². The number of hydrogen-bond donors (Lipinski definition) is 1. The Morgan fingerprint density at radius 2 is 2.43 bits per heavy atom. The third-order valence-electron chi connectivity index (χ3n) is 1.44. The van der Waals surface area contributed by atoms with Gasteiger partial charge < -0.3 is 4.52 Å². The highest BCUT2D eigenvalue weighted by Crippen LogP contribution is 2.07. The van der Waals surface area contributed by atoms with Crippen molar-refractivity contribution in [2.75, 3.05) is 16.4 Å². The molecule has 0 aromatic carbocycles. The molecule has 1 heterocycles. The lowest BCUT2D eigenvalue weighted by Gasteiger charge is -2.12. The number of hydrogen-bond acceptors (Lipinski definition) is 4. The monoisotopic (exact) mass is 309 g/mol. The first-order valence-electron chi connectivity index (χ1n) is 3.69. The largest absolute Gasteiger partial charge is 0.363 e. The van der Waals surface area contributed by atoms with Crippen LogP contribution in [-0.4, -0.2) is 28.6 Å². The van der Waals surface area contributed by atoms with E-state index in [1.165, 1.54) is 24.3 Å². The third kappa shape index (κ3) is 2.69. The molecule has 1 aromatic heterocycles. The Morgan fingerprint density at radius 3 is 2.93 bits per heavy atom. The average molecular weight is 309 g/mol.